The van der Waals surface area contributed by atoms with Crippen LogP contribution in [-0.2, 0) is 0 Å². The predicted octanol–water partition coefficient (Wildman–Crippen LogP) is 3.58. The van der Waals surface area contributed by atoms with Crippen molar-refractivity contribution in [2.45, 2.75) is 39.7 Å². The van der Waals surface area contributed by atoms with Crippen LogP contribution < -0.4 is 0 Å². The molecule has 0 bridgehead atoms. The van der Waals surface area contributed by atoms with Gasteiger partial charge in [0.1, 0.15) is 6.67 Å². The molecule has 0 aromatic heterocycles. The van der Waals surface area contributed by atoms with Gasteiger partial charge in [-0.15, -0.1) is 0 Å². The van der Waals surface area contributed by atoms with Gasteiger partial charge in [0.25, 0.3) is 5.91 Å². The summed E-state index contributed by atoms with van der Waals surface area (Å²) in [6.45, 7) is 8.70. The number of amides is 1. The maximum atomic E-state index is 12.8. The summed E-state index contributed by atoms with van der Waals surface area (Å²) in [6, 6.07) is 6.00. The van der Waals surface area contributed by atoms with Crippen molar-refractivity contribution >= 4 is 5.91 Å². The standard InChI is InChI=1S/C16H21FN2O.C2H6/c1-12-5-4-6-13-14(11-18-8-2-3-9-18)19(10-7-17)16(20)15(12)13;1-2/h4-6,14H,2-3,7-11H2,1H3;1-2H3. The second-order valence-electron chi connectivity index (χ2n) is 5.75. The van der Waals surface area contributed by atoms with Crippen LogP contribution in [0.25, 0.3) is 0 Å². The van der Waals surface area contributed by atoms with E-state index in [1.165, 1.54) is 12.8 Å². The normalized spacial score (nSPS) is 20.8. The van der Waals surface area contributed by atoms with Crippen molar-refractivity contribution in [3.8, 4) is 0 Å². The first-order valence-electron chi connectivity index (χ1n) is 8.41. The second kappa shape index (κ2) is 7.73. The molecule has 2 aliphatic heterocycles. The number of alkyl halides is 1. The molecule has 3 rings (SSSR count). The molecule has 2 heterocycles. The Kier molecular flexibility index (Phi) is 5.95. The van der Waals surface area contributed by atoms with Gasteiger partial charge in [0, 0.05) is 12.1 Å². The molecule has 1 unspecified atom stereocenters. The quantitative estimate of drug-likeness (QED) is 0.849. The van der Waals surface area contributed by atoms with E-state index in [0.717, 1.165) is 36.3 Å². The van der Waals surface area contributed by atoms with Gasteiger partial charge in [-0.25, -0.2) is 4.39 Å². The van der Waals surface area contributed by atoms with E-state index in [1.54, 1.807) is 4.90 Å². The van der Waals surface area contributed by atoms with Gasteiger partial charge in [-0.3, -0.25) is 4.79 Å². The van der Waals surface area contributed by atoms with E-state index in [9.17, 15) is 9.18 Å². The molecule has 4 heteroatoms. The Balaban J connectivity index is 0.000000847. The number of carbonyl (C=O) groups is 1. The lowest BCUT2D eigenvalue weighted by Crippen LogP contribution is -2.37. The third kappa shape index (κ3) is 3.17. The number of likely N-dealkylation sites (tertiary alicyclic amines) is 1. The molecule has 0 N–H and O–H groups in total. The van der Waals surface area contributed by atoms with Crippen molar-refractivity contribution < 1.29 is 9.18 Å². The van der Waals surface area contributed by atoms with Crippen molar-refractivity contribution in [2.75, 3.05) is 32.9 Å². The fraction of sp³-hybridized carbons (Fsp3) is 0.611. The van der Waals surface area contributed by atoms with E-state index >= 15 is 0 Å². The average Bonchev–Trinajstić information content (AvgIpc) is 3.13. The first-order chi connectivity index (χ1) is 10.7. The van der Waals surface area contributed by atoms with E-state index in [-0.39, 0.29) is 18.5 Å². The summed E-state index contributed by atoms with van der Waals surface area (Å²) in [7, 11) is 0. The first kappa shape index (κ1) is 16.9. The summed E-state index contributed by atoms with van der Waals surface area (Å²) in [6.07, 6.45) is 2.45. The van der Waals surface area contributed by atoms with Crippen molar-refractivity contribution in [3.05, 3.63) is 34.9 Å². The Morgan fingerprint density at radius 1 is 1.23 bits per heavy atom. The lowest BCUT2D eigenvalue weighted by atomic mass is 10.00. The van der Waals surface area contributed by atoms with Crippen molar-refractivity contribution in [1.29, 1.82) is 0 Å². The van der Waals surface area contributed by atoms with Gasteiger partial charge in [-0.2, -0.15) is 0 Å². The van der Waals surface area contributed by atoms with Gasteiger partial charge in [-0.1, -0.05) is 32.0 Å². The van der Waals surface area contributed by atoms with Gasteiger partial charge in [0.15, 0.2) is 0 Å². The minimum absolute atomic E-state index is 0.0000491. The number of rotatable bonds is 4. The first-order valence-corrected chi connectivity index (χ1v) is 8.41. The molecule has 1 aromatic carbocycles. The van der Waals surface area contributed by atoms with Crippen LogP contribution in [0.2, 0.25) is 0 Å². The zero-order chi connectivity index (χ0) is 16.1. The van der Waals surface area contributed by atoms with E-state index in [1.807, 2.05) is 39.0 Å². The maximum absolute atomic E-state index is 12.8. The second-order valence-corrected chi connectivity index (χ2v) is 5.75. The van der Waals surface area contributed by atoms with Crippen molar-refractivity contribution in [1.82, 2.24) is 9.80 Å². The summed E-state index contributed by atoms with van der Waals surface area (Å²) >= 11 is 0. The molecule has 0 spiro atoms. The molecule has 0 aliphatic carbocycles. The highest BCUT2D eigenvalue weighted by atomic mass is 19.1. The summed E-state index contributed by atoms with van der Waals surface area (Å²) in [5.41, 5.74) is 2.88. The molecule has 22 heavy (non-hydrogen) atoms. The van der Waals surface area contributed by atoms with E-state index in [2.05, 4.69) is 4.90 Å². The summed E-state index contributed by atoms with van der Waals surface area (Å²) in [4.78, 5) is 16.6. The Morgan fingerprint density at radius 2 is 1.91 bits per heavy atom. The van der Waals surface area contributed by atoms with Gasteiger partial charge in [0.05, 0.1) is 12.6 Å². The smallest absolute Gasteiger partial charge is 0.255 e. The molecule has 1 amide bonds. The monoisotopic (exact) mass is 306 g/mol. The molecule has 2 aliphatic rings. The molecule has 122 valence electrons. The van der Waals surface area contributed by atoms with Crippen molar-refractivity contribution in [3.63, 3.8) is 0 Å². The van der Waals surface area contributed by atoms with Crippen molar-refractivity contribution in [2.24, 2.45) is 0 Å². The number of aryl methyl sites for hydroxylation is 1. The summed E-state index contributed by atoms with van der Waals surface area (Å²) in [5.74, 6) is -0.0000491. The molecule has 1 saturated heterocycles. The third-order valence-electron chi connectivity index (χ3n) is 4.47. The SMILES string of the molecule is CC.Cc1cccc2c1C(=O)N(CCF)C2CN1CCCC1. The molecule has 0 saturated carbocycles. The number of halogens is 1. The van der Waals surface area contributed by atoms with Crippen LogP contribution in [0.4, 0.5) is 4.39 Å². The van der Waals surface area contributed by atoms with Crippen LogP contribution in [0.1, 0.15) is 54.2 Å². The highest BCUT2D eigenvalue weighted by Gasteiger charge is 2.38. The van der Waals surface area contributed by atoms with E-state index in [0.29, 0.717) is 0 Å². The molecule has 1 atom stereocenters. The molecular formula is C18H27FN2O. The number of hydrogen-bond donors (Lipinski definition) is 0. The number of benzene rings is 1. The number of hydrogen-bond acceptors (Lipinski definition) is 2. The Hall–Kier alpha value is -1.42. The predicted molar refractivity (Wildman–Crippen MR) is 88.0 cm³/mol. The number of carbonyl (C=O) groups excluding carboxylic acids is 1. The average molecular weight is 306 g/mol. The van der Waals surface area contributed by atoms with Crippen LogP contribution in [0, 0.1) is 6.92 Å². The highest BCUT2D eigenvalue weighted by Crippen LogP contribution is 2.36. The molecular weight excluding hydrogens is 279 g/mol. The fourth-order valence-electron chi connectivity index (χ4n) is 3.47. The largest absolute Gasteiger partial charge is 0.328 e. The van der Waals surface area contributed by atoms with Crippen LogP contribution in [0.3, 0.4) is 0 Å². The Labute approximate surface area is 133 Å². The topological polar surface area (TPSA) is 23.6 Å². The zero-order valence-corrected chi connectivity index (χ0v) is 13.9. The molecule has 0 radical (unpaired) electrons. The Bertz CT molecular complexity index is 512. The molecule has 1 aromatic rings. The van der Waals surface area contributed by atoms with Gasteiger partial charge < -0.3 is 9.80 Å². The minimum Gasteiger partial charge on any atom is -0.328 e. The fourth-order valence-corrected chi connectivity index (χ4v) is 3.47. The van der Waals surface area contributed by atoms with Crippen LogP contribution in [0.5, 0.6) is 0 Å². The number of nitrogens with zero attached hydrogens (tertiary/aromatic N) is 2. The summed E-state index contributed by atoms with van der Waals surface area (Å²) in [5, 5.41) is 0. The maximum Gasteiger partial charge on any atom is 0.255 e. The number of fused-ring (bicyclic) bond motifs is 1. The van der Waals surface area contributed by atoms with Gasteiger partial charge in [-0.05, 0) is 44.0 Å². The Morgan fingerprint density at radius 3 is 2.55 bits per heavy atom. The van der Waals surface area contributed by atoms with Crippen LogP contribution >= 0.6 is 0 Å². The lowest BCUT2D eigenvalue weighted by Gasteiger charge is -2.28. The van der Waals surface area contributed by atoms with Crippen LogP contribution in [-0.4, -0.2) is 48.6 Å². The molecule has 1 fully saturated rings. The lowest BCUT2D eigenvalue weighted by molar-refractivity contribution is 0.0677. The van der Waals surface area contributed by atoms with E-state index < -0.39 is 6.67 Å². The zero-order valence-electron chi connectivity index (χ0n) is 13.9. The minimum atomic E-state index is -0.477. The van der Waals surface area contributed by atoms with Gasteiger partial charge >= 0.3 is 0 Å². The summed E-state index contributed by atoms with van der Waals surface area (Å²) < 4.78 is 12.8. The highest BCUT2D eigenvalue weighted by molar-refractivity contribution is 6.00. The van der Waals surface area contributed by atoms with E-state index in [4.69, 9.17) is 0 Å². The molecule has 3 nitrogen and oxygen atoms in total. The van der Waals surface area contributed by atoms with Gasteiger partial charge in [0.2, 0.25) is 0 Å². The third-order valence-corrected chi connectivity index (χ3v) is 4.47. The van der Waals surface area contributed by atoms with Crippen LogP contribution in [0.15, 0.2) is 18.2 Å².